The van der Waals surface area contributed by atoms with Gasteiger partial charge in [-0.05, 0) is 43.2 Å². The summed E-state index contributed by atoms with van der Waals surface area (Å²) in [5.41, 5.74) is 0.509. The summed E-state index contributed by atoms with van der Waals surface area (Å²) < 4.78 is 13.7. The second-order valence-corrected chi connectivity index (χ2v) is 6.96. The normalized spacial score (nSPS) is 15.0. The van der Waals surface area contributed by atoms with Crippen molar-refractivity contribution in [3.63, 3.8) is 0 Å². The highest BCUT2D eigenvalue weighted by Gasteiger charge is 2.25. The first-order chi connectivity index (χ1) is 12.5. The number of piperidine rings is 1. The molecule has 3 rings (SSSR count). The summed E-state index contributed by atoms with van der Waals surface area (Å²) in [6, 6.07) is 10.6. The van der Waals surface area contributed by atoms with Crippen molar-refractivity contribution in [2.24, 2.45) is 0 Å². The fraction of sp³-hybridized carbons (Fsp3) is 0.263. The number of benzene rings is 2. The summed E-state index contributed by atoms with van der Waals surface area (Å²) in [5, 5.41) is 3.57. The summed E-state index contributed by atoms with van der Waals surface area (Å²) in [7, 11) is 0. The van der Waals surface area contributed by atoms with Crippen LogP contribution < -0.4 is 5.32 Å². The first-order valence-corrected chi connectivity index (χ1v) is 9.01. The van der Waals surface area contributed by atoms with Crippen molar-refractivity contribution < 1.29 is 14.0 Å². The Morgan fingerprint density at radius 3 is 2.38 bits per heavy atom. The average Bonchev–Trinajstić information content (AvgIpc) is 2.64. The molecule has 136 valence electrons. The molecule has 1 saturated heterocycles. The van der Waals surface area contributed by atoms with E-state index in [4.69, 9.17) is 23.2 Å². The number of nitrogens with one attached hydrogen (secondary N) is 1. The van der Waals surface area contributed by atoms with E-state index in [0.29, 0.717) is 41.5 Å². The van der Waals surface area contributed by atoms with Crippen molar-refractivity contribution >= 4 is 35.0 Å². The van der Waals surface area contributed by atoms with Gasteiger partial charge in [-0.1, -0.05) is 35.3 Å². The molecular formula is C19H17Cl2FN2O2. The third kappa shape index (κ3) is 4.17. The maximum Gasteiger partial charge on any atom is 0.254 e. The van der Waals surface area contributed by atoms with Crippen LogP contribution in [-0.2, 0) is 0 Å². The summed E-state index contributed by atoms with van der Waals surface area (Å²) >= 11 is 11.8. The predicted molar refractivity (Wildman–Crippen MR) is 99.3 cm³/mol. The molecule has 0 aliphatic carbocycles. The van der Waals surface area contributed by atoms with Crippen LogP contribution in [0, 0.1) is 5.82 Å². The molecule has 7 heteroatoms. The van der Waals surface area contributed by atoms with Crippen molar-refractivity contribution in [1.29, 1.82) is 0 Å². The fourth-order valence-electron chi connectivity index (χ4n) is 2.95. The van der Waals surface area contributed by atoms with Crippen LogP contribution in [0.1, 0.15) is 33.6 Å². The van der Waals surface area contributed by atoms with Crippen LogP contribution >= 0.6 is 23.2 Å². The molecule has 0 unspecified atom stereocenters. The molecule has 0 aromatic heterocycles. The van der Waals surface area contributed by atoms with Gasteiger partial charge in [0, 0.05) is 24.7 Å². The van der Waals surface area contributed by atoms with E-state index in [1.807, 2.05) is 0 Å². The molecule has 2 amide bonds. The smallest absolute Gasteiger partial charge is 0.254 e. The predicted octanol–water partition coefficient (Wildman–Crippen LogP) is 4.17. The van der Waals surface area contributed by atoms with Crippen molar-refractivity contribution in [3.8, 4) is 0 Å². The maximum absolute atomic E-state index is 13.7. The van der Waals surface area contributed by atoms with Gasteiger partial charge in [0.25, 0.3) is 11.8 Å². The average molecular weight is 395 g/mol. The topological polar surface area (TPSA) is 49.4 Å². The van der Waals surface area contributed by atoms with Crippen LogP contribution in [0.3, 0.4) is 0 Å². The number of likely N-dealkylation sites (tertiary alicyclic amines) is 1. The summed E-state index contributed by atoms with van der Waals surface area (Å²) in [4.78, 5) is 26.4. The third-order valence-electron chi connectivity index (χ3n) is 4.40. The van der Waals surface area contributed by atoms with E-state index in [9.17, 15) is 14.0 Å². The lowest BCUT2D eigenvalue weighted by Crippen LogP contribution is -2.46. The van der Waals surface area contributed by atoms with Crippen LogP contribution in [0.15, 0.2) is 42.5 Å². The first-order valence-electron chi connectivity index (χ1n) is 8.25. The minimum atomic E-state index is -0.544. The molecule has 0 bridgehead atoms. The number of carbonyl (C=O) groups excluding carboxylic acids is 2. The minimum Gasteiger partial charge on any atom is -0.349 e. The molecule has 1 heterocycles. The highest BCUT2D eigenvalue weighted by Crippen LogP contribution is 2.24. The van der Waals surface area contributed by atoms with Gasteiger partial charge in [0.15, 0.2) is 0 Å². The lowest BCUT2D eigenvalue weighted by Gasteiger charge is -2.32. The van der Waals surface area contributed by atoms with E-state index in [1.165, 1.54) is 12.1 Å². The molecule has 4 nitrogen and oxygen atoms in total. The monoisotopic (exact) mass is 394 g/mol. The Morgan fingerprint density at radius 1 is 1.04 bits per heavy atom. The van der Waals surface area contributed by atoms with Crippen LogP contribution in [0.25, 0.3) is 0 Å². The Hall–Kier alpha value is -2.11. The summed E-state index contributed by atoms with van der Waals surface area (Å²) in [5.74, 6) is -1.10. The molecule has 0 radical (unpaired) electrons. The lowest BCUT2D eigenvalue weighted by molar-refractivity contribution is 0.0698. The quantitative estimate of drug-likeness (QED) is 0.848. The standard InChI is InChI=1S/C19H17Cl2FN2O2/c20-15-6-5-12(11-16(15)21)19(26)24-9-7-13(8-10-24)23-18(25)14-3-1-2-4-17(14)22/h1-6,11,13H,7-10H2,(H,23,25). The Kier molecular flexibility index (Phi) is 5.79. The molecule has 2 aromatic rings. The number of hydrogen-bond acceptors (Lipinski definition) is 2. The Labute approximate surface area is 160 Å². The van der Waals surface area contributed by atoms with E-state index >= 15 is 0 Å². The van der Waals surface area contributed by atoms with Gasteiger partial charge in [-0.25, -0.2) is 4.39 Å². The molecule has 1 N–H and O–H groups in total. The van der Waals surface area contributed by atoms with Crippen LogP contribution in [0.2, 0.25) is 10.0 Å². The van der Waals surface area contributed by atoms with Gasteiger partial charge in [0.05, 0.1) is 15.6 Å². The highest BCUT2D eigenvalue weighted by atomic mass is 35.5. The van der Waals surface area contributed by atoms with Gasteiger partial charge in [-0.2, -0.15) is 0 Å². The lowest BCUT2D eigenvalue weighted by atomic mass is 10.0. The van der Waals surface area contributed by atoms with E-state index in [2.05, 4.69) is 5.32 Å². The van der Waals surface area contributed by atoms with Crippen LogP contribution in [0.5, 0.6) is 0 Å². The Balaban J connectivity index is 1.57. The van der Waals surface area contributed by atoms with Gasteiger partial charge >= 0.3 is 0 Å². The molecule has 1 aliphatic rings. The summed E-state index contributed by atoms with van der Waals surface area (Å²) in [6.07, 6.45) is 1.21. The van der Waals surface area contributed by atoms with Crippen molar-refractivity contribution in [3.05, 3.63) is 69.5 Å². The number of nitrogens with zero attached hydrogens (tertiary/aromatic N) is 1. The summed E-state index contributed by atoms with van der Waals surface area (Å²) in [6.45, 7) is 1.00. The molecular weight excluding hydrogens is 378 g/mol. The van der Waals surface area contributed by atoms with Gasteiger partial charge in [-0.15, -0.1) is 0 Å². The number of halogens is 3. The van der Waals surface area contributed by atoms with E-state index in [0.717, 1.165) is 0 Å². The maximum atomic E-state index is 13.7. The van der Waals surface area contributed by atoms with Gasteiger partial charge in [0.2, 0.25) is 0 Å². The van der Waals surface area contributed by atoms with Crippen molar-refractivity contribution in [1.82, 2.24) is 10.2 Å². The SMILES string of the molecule is O=C(NC1CCN(C(=O)c2ccc(Cl)c(Cl)c2)CC1)c1ccccc1F. The van der Waals surface area contributed by atoms with Crippen LogP contribution in [0.4, 0.5) is 4.39 Å². The molecule has 0 saturated carbocycles. The number of carbonyl (C=O) groups is 2. The van der Waals surface area contributed by atoms with E-state index < -0.39 is 11.7 Å². The minimum absolute atomic E-state index is 0.0295. The third-order valence-corrected chi connectivity index (χ3v) is 5.14. The van der Waals surface area contributed by atoms with Crippen molar-refractivity contribution in [2.45, 2.75) is 18.9 Å². The molecule has 0 atom stereocenters. The Morgan fingerprint density at radius 2 is 1.73 bits per heavy atom. The molecule has 1 aliphatic heterocycles. The van der Waals surface area contributed by atoms with E-state index in [1.54, 1.807) is 35.2 Å². The van der Waals surface area contributed by atoms with Gasteiger partial charge in [-0.3, -0.25) is 9.59 Å². The van der Waals surface area contributed by atoms with Gasteiger partial charge < -0.3 is 10.2 Å². The number of hydrogen-bond donors (Lipinski definition) is 1. The number of rotatable bonds is 3. The zero-order valence-electron chi connectivity index (χ0n) is 13.8. The Bertz CT molecular complexity index is 836. The molecule has 1 fully saturated rings. The van der Waals surface area contributed by atoms with E-state index in [-0.39, 0.29) is 17.5 Å². The zero-order valence-corrected chi connectivity index (χ0v) is 15.4. The second kappa shape index (κ2) is 8.06. The van der Waals surface area contributed by atoms with Gasteiger partial charge in [0.1, 0.15) is 5.82 Å². The molecule has 2 aromatic carbocycles. The highest BCUT2D eigenvalue weighted by molar-refractivity contribution is 6.42. The van der Waals surface area contributed by atoms with Crippen LogP contribution in [-0.4, -0.2) is 35.8 Å². The molecule has 0 spiro atoms. The fourth-order valence-corrected chi connectivity index (χ4v) is 3.25. The zero-order chi connectivity index (χ0) is 18.7. The number of amides is 2. The second-order valence-electron chi connectivity index (χ2n) is 6.15. The first kappa shape index (κ1) is 18.7. The molecule has 26 heavy (non-hydrogen) atoms. The largest absolute Gasteiger partial charge is 0.349 e. The van der Waals surface area contributed by atoms with Crippen molar-refractivity contribution in [2.75, 3.05) is 13.1 Å².